The van der Waals surface area contributed by atoms with Crippen LogP contribution in [0.4, 0.5) is 4.39 Å². The maximum atomic E-state index is 13.5. The molecule has 0 spiro atoms. The predicted octanol–water partition coefficient (Wildman–Crippen LogP) is 3.98. The normalized spacial score (nSPS) is 11.7. The number of hydrogen-bond acceptors (Lipinski definition) is 3. The minimum absolute atomic E-state index is 0. The first kappa shape index (κ1) is 23.8. The largest absolute Gasteiger partial charge is 0.356 e. The summed E-state index contributed by atoms with van der Waals surface area (Å²) in [7, 11) is 1.73. The zero-order valence-corrected chi connectivity index (χ0v) is 20.0. The summed E-state index contributed by atoms with van der Waals surface area (Å²) < 4.78 is 15.5. The van der Waals surface area contributed by atoms with Crippen LogP contribution >= 0.6 is 24.0 Å². The van der Waals surface area contributed by atoms with Gasteiger partial charge in [-0.05, 0) is 36.2 Å². The predicted molar refractivity (Wildman–Crippen MR) is 129 cm³/mol. The number of aromatic nitrogens is 3. The molecule has 1 aromatic carbocycles. The highest BCUT2D eigenvalue weighted by Crippen LogP contribution is 2.22. The summed E-state index contributed by atoms with van der Waals surface area (Å²) in [5.41, 5.74) is 1.74. The van der Waals surface area contributed by atoms with Crippen LogP contribution in [0.3, 0.4) is 0 Å². The maximum absolute atomic E-state index is 13.5. The fourth-order valence-electron chi connectivity index (χ4n) is 3.01. The Kier molecular flexibility index (Phi) is 8.33. The van der Waals surface area contributed by atoms with Gasteiger partial charge in [0.15, 0.2) is 5.96 Å². The zero-order valence-electron chi connectivity index (χ0n) is 17.7. The molecule has 0 fully saturated rings. The van der Waals surface area contributed by atoms with E-state index in [1.54, 1.807) is 25.4 Å². The van der Waals surface area contributed by atoms with Crippen LogP contribution < -0.4 is 10.6 Å². The molecular formula is C22H28FIN6. The van der Waals surface area contributed by atoms with Crippen molar-refractivity contribution in [1.82, 2.24) is 25.2 Å². The molecule has 0 saturated heterocycles. The molecule has 0 aliphatic rings. The van der Waals surface area contributed by atoms with Gasteiger partial charge in [0.05, 0.1) is 0 Å². The molecule has 0 atom stereocenters. The Morgan fingerprint density at radius 1 is 1.17 bits per heavy atom. The van der Waals surface area contributed by atoms with Crippen LogP contribution in [0.15, 0.2) is 60.0 Å². The molecule has 3 rings (SSSR count). The van der Waals surface area contributed by atoms with E-state index in [0.29, 0.717) is 19.0 Å². The summed E-state index contributed by atoms with van der Waals surface area (Å²) in [5.74, 6) is 2.20. The number of hydrogen-bond donors (Lipinski definition) is 2. The minimum atomic E-state index is -0.244. The monoisotopic (exact) mass is 522 g/mol. The SMILES string of the molecule is CN=C(NCc1ccc(-n2ccnc2C)nc1)NCC(C)(C)c1cccc(F)c1.I. The van der Waals surface area contributed by atoms with E-state index < -0.39 is 0 Å². The molecule has 0 aliphatic carbocycles. The maximum Gasteiger partial charge on any atom is 0.191 e. The van der Waals surface area contributed by atoms with Crippen LogP contribution in [0.1, 0.15) is 30.8 Å². The van der Waals surface area contributed by atoms with Gasteiger partial charge in [-0.1, -0.05) is 32.0 Å². The molecule has 2 heterocycles. The highest BCUT2D eigenvalue weighted by molar-refractivity contribution is 14.0. The quantitative estimate of drug-likeness (QED) is 0.292. The van der Waals surface area contributed by atoms with Crippen LogP contribution in [-0.4, -0.2) is 34.1 Å². The van der Waals surface area contributed by atoms with Crippen molar-refractivity contribution in [2.75, 3.05) is 13.6 Å². The standard InChI is InChI=1S/C22H27FN6.HI/c1-16-25-10-11-29(16)20-9-8-17(13-26-20)14-27-21(24-4)28-15-22(2,3)18-6-5-7-19(23)12-18;/h5-13H,14-15H2,1-4H3,(H2,24,27,28);1H. The van der Waals surface area contributed by atoms with Crippen molar-refractivity contribution in [3.8, 4) is 5.82 Å². The van der Waals surface area contributed by atoms with Gasteiger partial charge in [-0.15, -0.1) is 24.0 Å². The van der Waals surface area contributed by atoms with Crippen molar-refractivity contribution < 1.29 is 4.39 Å². The number of nitrogens with one attached hydrogen (secondary N) is 2. The number of guanidine groups is 1. The van der Waals surface area contributed by atoms with Crippen LogP contribution in [0, 0.1) is 12.7 Å². The molecule has 30 heavy (non-hydrogen) atoms. The second kappa shape index (κ2) is 10.5. The average molecular weight is 522 g/mol. The molecule has 3 aromatic rings. The lowest BCUT2D eigenvalue weighted by Gasteiger charge is -2.27. The first-order valence-corrected chi connectivity index (χ1v) is 9.55. The Morgan fingerprint density at radius 3 is 2.57 bits per heavy atom. The highest BCUT2D eigenvalue weighted by Gasteiger charge is 2.21. The number of rotatable bonds is 6. The van der Waals surface area contributed by atoms with Crippen molar-refractivity contribution in [3.63, 3.8) is 0 Å². The highest BCUT2D eigenvalue weighted by atomic mass is 127. The first-order valence-electron chi connectivity index (χ1n) is 9.55. The molecule has 0 aliphatic heterocycles. The Balaban J connectivity index is 0.00000320. The van der Waals surface area contributed by atoms with E-state index in [1.165, 1.54) is 6.07 Å². The smallest absolute Gasteiger partial charge is 0.191 e. The van der Waals surface area contributed by atoms with Crippen LogP contribution in [-0.2, 0) is 12.0 Å². The molecule has 6 nitrogen and oxygen atoms in total. The van der Waals surface area contributed by atoms with E-state index >= 15 is 0 Å². The van der Waals surface area contributed by atoms with Crippen LogP contribution in [0.2, 0.25) is 0 Å². The van der Waals surface area contributed by atoms with Gasteiger partial charge in [-0.25, -0.2) is 14.4 Å². The molecule has 2 aromatic heterocycles. The van der Waals surface area contributed by atoms with Crippen LogP contribution in [0.5, 0.6) is 0 Å². The van der Waals surface area contributed by atoms with Crippen molar-refractivity contribution in [2.24, 2.45) is 4.99 Å². The Hall–Kier alpha value is -2.49. The Bertz CT molecular complexity index is 981. The van der Waals surface area contributed by atoms with Crippen molar-refractivity contribution in [1.29, 1.82) is 0 Å². The molecular weight excluding hydrogens is 494 g/mol. The fourth-order valence-corrected chi connectivity index (χ4v) is 3.01. The summed E-state index contributed by atoms with van der Waals surface area (Å²) in [5, 5.41) is 6.62. The van der Waals surface area contributed by atoms with Crippen molar-refractivity contribution in [3.05, 3.63) is 77.8 Å². The van der Waals surface area contributed by atoms with Gasteiger partial charge in [0.25, 0.3) is 0 Å². The van der Waals surface area contributed by atoms with E-state index in [0.717, 1.165) is 22.8 Å². The first-order chi connectivity index (χ1) is 13.9. The summed E-state index contributed by atoms with van der Waals surface area (Å²) in [6.45, 7) is 7.30. The van der Waals surface area contributed by atoms with Crippen LogP contribution in [0.25, 0.3) is 5.82 Å². The summed E-state index contributed by atoms with van der Waals surface area (Å²) in [6, 6.07) is 10.7. The molecule has 0 saturated carbocycles. The number of halogens is 2. The fraction of sp³-hybridized carbons (Fsp3) is 0.318. The third-order valence-corrected chi connectivity index (χ3v) is 4.87. The van der Waals surface area contributed by atoms with E-state index in [2.05, 4.69) is 39.4 Å². The lowest BCUT2D eigenvalue weighted by molar-refractivity contribution is 0.503. The second-order valence-electron chi connectivity index (χ2n) is 7.54. The molecule has 0 bridgehead atoms. The van der Waals surface area contributed by atoms with Crippen molar-refractivity contribution >= 4 is 29.9 Å². The van der Waals surface area contributed by atoms with Gasteiger partial charge in [0, 0.05) is 44.1 Å². The summed E-state index contributed by atoms with van der Waals surface area (Å²) in [4.78, 5) is 13.0. The van der Waals surface area contributed by atoms with E-state index in [9.17, 15) is 4.39 Å². The van der Waals surface area contributed by atoms with E-state index in [4.69, 9.17) is 0 Å². The minimum Gasteiger partial charge on any atom is -0.356 e. The second-order valence-corrected chi connectivity index (χ2v) is 7.54. The zero-order chi connectivity index (χ0) is 20.9. The molecule has 2 N–H and O–H groups in total. The van der Waals surface area contributed by atoms with Gasteiger partial charge < -0.3 is 10.6 Å². The van der Waals surface area contributed by atoms with Gasteiger partial charge in [0.1, 0.15) is 17.5 Å². The number of imidazole rings is 1. The number of aryl methyl sites for hydroxylation is 1. The van der Waals surface area contributed by atoms with Crippen molar-refractivity contribution in [2.45, 2.75) is 32.7 Å². The number of aliphatic imine (C=N–C) groups is 1. The van der Waals surface area contributed by atoms with Gasteiger partial charge >= 0.3 is 0 Å². The third-order valence-electron chi connectivity index (χ3n) is 4.87. The lowest BCUT2D eigenvalue weighted by Crippen LogP contribution is -2.43. The lowest BCUT2D eigenvalue weighted by atomic mass is 9.84. The Labute approximate surface area is 194 Å². The molecule has 160 valence electrons. The third kappa shape index (κ3) is 6.01. The average Bonchev–Trinajstić information content (AvgIpc) is 3.14. The van der Waals surface area contributed by atoms with Gasteiger partial charge in [0.2, 0.25) is 0 Å². The number of nitrogens with zero attached hydrogens (tertiary/aromatic N) is 4. The Morgan fingerprint density at radius 2 is 1.97 bits per heavy atom. The van der Waals surface area contributed by atoms with E-state index in [1.807, 2.05) is 42.1 Å². The van der Waals surface area contributed by atoms with Gasteiger partial charge in [-0.3, -0.25) is 9.56 Å². The molecule has 0 amide bonds. The molecule has 0 unspecified atom stereocenters. The number of pyridine rings is 1. The van der Waals surface area contributed by atoms with E-state index in [-0.39, 0.29) is 35.2 Å². The molecule has 8 heteroatoms. The summed E-state index contributed by atoms with van der Waals surface area (Å²) in [6.07, 6.45) is 5.49. The topological polar surface area (TPSA) is 67.1 Å². The molecule has 0 radical (unpaired) electrons. The summed E-state index contributed by atoms with van der Waals surface area (Å²) >= 11 is 0. The van der Waals surface area contributed by atoms with Gasteiger partial charge in [-0.2, -0.15) is 0 Å². The number of benzene rings is 1.